The van der Waals surface area contributed by atoms with Crippen LogP contribution in [0, 0.1) is 0 Å². The first-order chi connectivity index (χ1) is 19.7. The number of nitrogens with zero attached hydrogens (tertiary/aromatic N) is 3. The number of rotatable bonds is 4. The summed E-state index contributed by atoms with van der Waals surface area (Å²) in [6.45, 7) is 0.751. The van der Waals surface area contributed by atoms with Gasteiger partial charge in [-0.1, -0.05) is 60.7 Å². The number of alkyl halides is 1. The van der Waals surface area contributed by atoms with E-state index in [1.54, 1.807) is 0 Å². The number of hydrogen-bond donors (Lipinski definition) is 0. The second-order valence-corrected chi connectivity index (χ2v) is 10.5. The summed E-state index contributed by atoms with van der Waals surface area (Å²) in [5, 5.41) is 4.35. The van der Waals surface area contributed by atoms with E-state index >= 15 is 4.39 Å². The third kappa shape index (κ3) is 3.44. The number of benzene rings is 5. The Kier molecular flexibility index (Phi) is 5.01. The van der Waals surface area contributed by atoms with E-state index in [-0.39, 0.29) is 0 Å². The molecule has 0 fully saturated rings. The second kappa shape index (κ2) is 8.75. The molecule has 0 radical (unpaired) electrons. The van der Waals surface area contributed by atoms with Crippen LogP contribution in [0.2, 0.25) is 0 Å². The molecule has 1 aliphatic heterocycles. The molecule has 194 valence electrons. The number of para-hydroxylation sites is 2. The molecular weight excluding hydrogens is 497 g/mol. The minimum Gasteiger partial charge on any atom is -0.456 e. The SMILES string of the molecule is CN1C=CN(c2cccc(C(F)c3ccc4c5ccc6oc7ccccc7c6c5n(-c5ccccc5)c4c3)c2)C1. The van der Waals surface area contributed by atoms with Gasteiger partial charge in [0.15, 0.2) is 6.17 Å². The van der Waals surface area contributed by atoms with Crippen molar-refractivity contribution in [2.24, 2.45) is 0 Å². The third-order valence-electron chi connectivity index (χ3n) is 7.97. The molecule has 5 heteroatoms. The predicted molar refractivity (Wildman–Crippen MR) is 162 cm³/mol. The van der Waals surface area contributed by atoms with Gasteiger partial charge in [0.1, 0.15) is 11.2 Å². The molecule has 1 atom stereocenters. The number of anilines is 1. The third-order valence-corrected chi connectivity index (χ3v) is 7.97. The normalized spacial score (nSPS) is 14.3. The maximum absolute atomic E-state index is 16.3. The van der Waals surface area contributed by atoms with Crippen molar-refractivity contribution in [3.8, 4) is 5.69 Å². The molecule has 0 saturated heterocycles. The zero-order chi connectivity index (χ0) is 26.8. The minimum atomic E-state index is -1.26. The first-order valence-electron chi connectivity index (χ1n) is 13.5. The van der Waals surface area contributed by atoms with E-state index in [2.05, 4.69) is 44.7 Å². The molecule has 0 bridgehead atoms. The zero-order valence-electron chi connectivity index (χ0n) is 22.0. The van der Waals surface area contributed by atoms with E-state index in [1.165, 1.54) is 0 Å². The van der Waals surface area contributed by atoms with Crippen molar-refractivity contribution >= 4 is 49.4 Å². The van der Waals surface area contributed by atoms with Crippen molar-refractivity contribution in [1.82, 2.24) is 9.47 Å². The summed E-state index contributed by atoms with van der Waals surface area (Å²) in [7, 11) is 2.03. The molecule has 7 aromatic rings. The van der Waals surface area contributed by atoms with Crippen LogP contribution >= 0.6 is 0 Å². The Balaban J connectivity index is 1.35. The standard InChI is InChI=1S/C35H26FN3O/c1-37-18-19-38(22-37)26-11-7-8-23(20-26)34(36)24-14-15-27-28-16-17-32-33(29-12-5-6-13-31(29)40-32)35(28)39(30(27)21-24)25-9-3-2-4-10-25/h2-21,34H,22H2,1H3. The van der Waals surface area contributed by atoms with Crippen molar-refractivity contribution in [3.63, 3.8) is 0 Å². The van der Waals surface area contributed by atoms with Crippen LogP contribution in [-0.2, 0) is 0 Å². The van der Waals surface area contributed by atoms with Gasteiger partial charge < -0.3 is 18.8 Å². The lowest BCUT2D eigenvalue weighted by Crippen LogP contribution is -2.21. The summed E-state index contributed by atoms with van der Waals surface area (Å²) in [4.78, 5) is 4.21. The van der Waals surface area contributed by atoms with Gasteiger partial charge in [0.25, 0.3) is 0 Å². The highest BCUT2D eigenvalue weighted by Gasteiger charge is 2.22. The lowest BCUT2D eigenvalue weighted by molar-refractivity contribution is 0.402. The van der Waals surface area contributed by atoms with Crippen molar-refractivity contribution in [2.45, 2.75) is 6.17 Å². The fraction of sp³-hybridized carbons (Fsp3) is 0.0857. The monoisotopic (exact) mass is 523 g/mol. The summed E-state index contributed by atoms with van der Waals surface area (Å²) in [6.07, 6.45) is 2.79. The van der Waals surface area contributed by atoms with Gasteiger partial charge >= 0.3 is 0 Å². The average molecular weight is 524 g/mol. The molecular formula is C35H26FN3O. The number of hydrogen-bond acceptors (Lipinski definition) is 3. The second-order valence-electron chi connectivity index (χ2n) is 10.5. The molecule has 40 heavy (non-hydrogen) atoms. The Bertz CT molecular complexity index is 2090. The lowest BCUT2D eigenvalue weighted by Gasteiger charge is -2.20. The number of fused-ring (bicyclic) bond motifs is 7. The first kappa shape index (κ1) is 22.9. The van der Waals surface area contributed by atoms with Gasteiger partial charge in [0, 0.05) is 47.0 Å². The molecule has 0 amide bonds. The molecule has 4 nitrogen and oxygen atoms in total. The zero-order valence-corrected chi connectivity index (χ0v) is 22.0. The average Bonchev–Trinajstić information content (AvgIpc) is 3.70. The van der Waals surface area contributed by atoms with E-state index in [0.717, 1.165) is 61.8 Å². The summed E-state index contributed by atoms with van der Waals surface area (Å²) >= 11 is 0. The van der Waals surface area contributed by atoms with E-state index in [4.69, 9.17) is 4.42 Å². The Morgan fingerprint density at radius 1 is 0.675 bits per heavy atom. The summed E-state index contributed by atoms with van der Waals surface area (Å²) in [5.41, 5.74) is 7.03. The molecule has 0 N–H and O–H groups in total. The van der Waals surface area contributed by atoms with E-state index in [9.17, 15) is 0 Å². The van der Waals surface area contributed by atoms with E-state index in [0.29, 0.717) is 11.1 Å². The maximum Gasteiger partial charge on any atom is 0.150 e. The van der Waals surface area contributed by atoms with Gasteiger partial charge in [0.2, 0.25) is 0 Å². The molecule has 0 aliphatic carbocycles. The number of halogens is 1. The fourth-order valence-corrected chi connectivity index (χ4v) is 6.08. The lowest BCUT2D eigenvalue weighted by atomic mass is 10.0. The Morgan fingerprint density at radius 2 is 1.45 bits per heavy atom. The van der Waals surface area contributed by atoms with Crippen LogP contribution in [-0.4, -0.2) is 23.2 Å². The Morgan fingerprint density at radius 3 is 2.30 bits per heavy atom. The molecule has 5 aromatic carbocycles. The Hall–Kier alpha value is -5.03. The van der Waals surface area contributed by atoms with Crippen molar-refractivity contribution in [3.05, 3.63) is 133 Å². The topological polar surface area (TPSA) is 24.6 Å². The summed E-state index contributed by atoms with van der Waals surface area (Å²) < 4.78 is 24.8. The molecule has 1 aliphatic rings. The van der Waals surface area contributed by atoms with Crippen LogP contribution in [0.1, 0.15) is 17.3 Å². The quantitative estimate of drug-likeness (QED) is 0.230. The van der Waals surface area contributed by atoms with Crippen molar-refractivity contribution in [2.75, 3.05) is 18.6 Å². The number of furan rings is 1. The smallest absolute Gasteiger partial charge is 0.150 e. The van der Waals surface area contributed by atoms with E-state index in [1.807, 2.05) is 98.3 Å². The number of aromatic nitrogens is 1. The van der Waals surface area contributed by atoms with Crippen LogP contribution in [0.25, 0.3) is 49.4 Å². The van der Waals surface area contributed by atoms with Gasteiger partial charge in [-0.25, -0.2) is 4.39 Å². The Labute approximate surface area is 230 Å². The largest absolute Gasteiger partial charge is 0.456 e. The van der Waals surface area contributed by atoms with Crippen molar-refractivity contribution in [1.29, 1.82) is 0 Å². The molecule has 0 saturated carbocycles. The maximum atomic E-state index is 16.3. The molecule has 3 heterocycles. The highest BCUT2D eigenvalue weighted by Crippen LogP contribution is 2.42. The van der Waals surface area contributed by atoms with Gasteiger partial charge in [-0.05, 0) is 59.7 Å². The van der Waals surface area contributed by atoms with Crippen LogP contribution in [0.4, 0.5) is 10.1 Å². The van der Waals surface area contributed by atoms with Gasteiger partial charge in [0.05, 0.1) is 23.1 Å². The highest BCUT2D eigenvalue weighted by atomic mass is 19.1. The van der Waals surface area contributed by atoms with E-state index < -0.39 is 6.17 Å². The summed E-state index contributed by atoms with van der Waals surface area (Å²) in [5.74, 6) is 0. The molecule has 1 unspecified atom stereocenters. The van der Waals surface area contributed by atoms with Crippen LogP contribution in [0.3, 0.4) is 0 Å². The first-order valence-corrected chi connectivity index (χ1v) is 13.5. The predicted octanol–water partition coefficient (Wildman–Crippen LogP) is 8.92. The highest BCUT2D eigenvalue weighted by molar-refractivity contribution is 6.24. The molecule has 8 rings (SSSR count). The van der Waals surface area contributed by atoms with Crippen molar-refractivity contribution < 1.29 is 8.81 Å². The minimum absolute atomic E-state index is 0.631. The fourth-order valence-electron chi connectivity index (χ4n) is 6.08. The van der Waals surface area contributed by atoms with Gasteiger partial charge in [-0.2, -0.15) is 0 Å². The van der Waals surface area contributed by atoms with Crippen LogP contribution in [0.15, 0.2) is 126 Å². The summed E-state index contributed by atoms with van der Waals surface area (Å²) in [6, 6.07) is 36.4. The van der Waals surface area contributed by atoms with Crippen LogP contribution in [0.5, 0.6) is 0 Å². The van der Waals surface area contributed by atoms with Gasteiger partial charge in [-0.15, -0.1) is 0 Å². The van der Waals surface area contributed by atoms with Crippen LogP contribution < -0.4 is 4.90 Å². The molecule has 2 aromatic heterocycles. The van der Waals surface area contributed by atoms with Gasteiger partial charge in [-0.3, -0.25) is 0 Å². The molecule has 0 spiro atoms.